The van der Waals surface area contributed by atoms with Gasteiger partial charge in [-0.1, -0.05) is 0 Å². The van der Waals surface area contributed by atoms with Crippen molar-refractivity contribution in [3.63, 3.8) is 0 Å². The van der Waals surface area contributed by atoms with Crippen LogP contribution in [0, 0.1) is 0 Å². The van der Waals surface area contributed by atoms with Crippen LogP contribution in [0.25, 0.3) is 0 Å². The molecule has 0 fully saturated rings. The quantitative estimate of drug-likeness (QED) is 0.822. The minimum absolute atomic E-state index is 0.0325. The Balaban J connectivity index is 2.38. The van der Waals surface area contributed by atoms with Crippen molar-refractivity contribution in [1.82, 2.24) is 9.29 Å². The lowest BCUT2D eigenvalue weighted by Gasteiger charge is -2.15. The monoisotopic (exact) mass is 256 g/mol. The average Bonchev–Trinajstić information content (AvgIpc) is 2.46. The van der Waals surface area contributed by atoms with E-state index in [9.17, 15) is 13.2 Å². The summed E-state index contributed by atoms with van der Waals surface area (Å²) >= 11 is 0. The maximum absolute atomic E-state index is 12.0. The zero-order valence-corrected chi connectivity index (χ0v) is 10.0. The van der Waals surface area contributed by atoms with E-state index in [1.165, 1.54) is 18.3 Å². The predicted octanol–water partition coefficient (Wildman–Crippen LogP) is -0.00300. The number of hydrogen-bond donors (Lipinski definition) is 1. The van der Waals surface area contributed by atoms with Gasteiger partial charge in [0.1, 0.15) is 0 Å². The second kappa shape index (κ2) is 4.08. The number of fused-ring (bicyclic) bond motifs is 1. The zero-order valence-electron chi connectivity index (χ0n) is 9.20. The first-order valence-electron chi connectivity index (χ1n) is 5.14. The van der Waals surface area contributed by atoms with Crippen LogP contribution in [-0.4, -0.2) is 41.4 Å². The number of carbonyl (C=O) groups excluding carboxylic acids is 1. The first-order chi connectivity index (χ1) is 7.94. The zero-order chi connectivity index (χ0) is 12.6. The van der Waals surface area contributed by atoms with Gasteiger partial charge in [0.15, 0.2) is 5.03 Å². The van der Waals surface area contributed by atoms with E-state index in [0.717, 1.165) is 4.31 Å². The van der Waals surface area contributed by atoms with Gasteiger partial charge in [-0.3, -0.25) is 4.79 Å². The van der Waals surface area contributed by atoms with Gasteiger partial charge >= 0.3 is 0 Å². The highest BCUT2D eigenvalue weighted by Gasteiger charge is 2.41. The van der Waals surface area contributed by atoms with Gasteiger partial charge in [0.2, 0.25) is 0 Å². The van der Waals surface area contributed by atoms with Crippen LogP contribution in [-0.2, 0) is 10.0 Å². The van der Waals surface area contributed by atoms with E-state index in [0.29, 0.717) is 0 Å². The predicted molar refractivity (Wildman–Crippen MR) is 58.8 cm³/mol. The molecule has 1 aromatic heterocycles. The van der Waals surface area contributed by atoms with E-state index in [1.54, 1.807) is 6.92 Å². The molecule has 0 saturated heterocycles. The molecule has 1 unspecified atom stereocenters. The molecule has 2 rings (SSSR count). The second-order valence-corrected chi connectivity index (χ2v) is 5.65. The minimum Gasteiger partial charge on any atom is -0.393 e. The summed E-state index contributed by atoms with van der Waals surface area (Å²) in [5.74, 6) is -0.575. The van der Waals surface area contributed by atoms with Crippen LogP contribution >= 0.6 is 0 Å². The summed E-state index contributed by atoms with van der Waals surface area (Å²) < 4.78 is 24.7. The molecule has 6 nitrogen and oxygen atoms in total. The molecule has 0 saturated carbocycles. The number of sulfonamides is 1. The summed E-state index contributed by atoms with van der Waals surface area (Å²) in [6.07, 6.45) is 0.885. The SMILES string of the molecule is CC(O)CCN1C(=O)c2cccnc2S1(=O)=O. The lowest BCUT2D eigenvalue weighted by atomic mass is 10.2. The fraction of sp³-hybridized carbons (Fsp3) is 0.400. The maximum atomic E-state index is 12.0. The minimum atomic E-state index is -3.83. The first kappa shape index (κ1) is 12.0. The van der Waals surface area contributed by atoms with Crippen molar-refractivity contribution in [3.8, 4) is 0 Å². The normalized spacial score (nSPS) is 19.2. The van der Waals surface area contributed by atoms with Gasteiger partial charge in [0.25, 0.3) is 15.9 Å². The molecule has 0 radical (unpaired) electrons. The molecule has 1 N–H and O–H groups in total. The Morgan fingerprint density at radius 2 is 2.24 bits per heavy atom. The molecule has 0 aliphatic carbocycles. The number of aliphatic hydroxyl groups excluding tert-OH is 1. The van der Waals surface area contributed by atoms with Gasteiger partial charge in [0.05, 0.1) is 11.7 Å². The molecular weight excluding hydrogens is 244 g/mol. The number of hydrogen-bond acceptors (Lipinski definition) is 5. The Kier molecular flexibility index (Phi) is 2.88. The summed E-state index contributed by atoms with van der Waals surface area (Å²) in [4.78, 5) is 15.6. The van der Waals surface area contributed by atoms with Crippen molar-refractivity contribution in [2.24, 2.45) is 0 Å². The molecule has 92 valence electrons. The van der Waals surface area contributed by atoms with Crippen molar-refractivity contribution in [1.29, 1.82) is 0 Å². The Bertz CT molecular complexity index is 553. The van der Waals surface area contributed by atoms with Crippen LogP contribution in [0.5, 0.6) is 0 Å². The summed E-state index contributed by atoms with van der Waals surface area (Å²) in [5.41, 5.74) is 0.0955. The van der Waals surface area contributed by atoms with Gasteiger partial charge in [-0.2, -0.15) is 8.42 Å². The summed E-state index contributed by atoms with van der Waals surface area (Å²) in [6, 6.07) is 2.95. The number of carbonyl (C=O) groups is 1. The Labute approximate surface area is 98.9 Å². The Hall–Kier alpha value is -1.47. The highest BCUT2D eigenvalue weighted by atomic mass is 32.2. The number of aromatic nitrogens is 1. The number of amides is 1. The molecule has 1 amide bonds. The molecular formula is C10H12N2O4S. The van der Waals surface area contributed by atoms with E-state index in [2.05, 4.69) is 4.98 Å². The molecule has 1 atom stereocenters. The van der Waals surface area contributed by atoms with Crippen molar-refractivity contribution < 1.29 is 18.3 Å². The van der Waals surface area contributed by atoms with Gasteiger partial charge in [-0.25, -0.2) is 9.29 Å². The number of rotatable bonds is 3. The smallest absolute Gasteiger partial charge is 0.285 e. The lowest BCUT2D eigenvalue weighted by molar-refractivity contribution is 0.0854. The number of nitrogens with zero attached hydrogens (tertiary/aromatic N) is 2. The molecule has 0 aromatic carbocycles. The standard InChI is InChI=1S/C10H12N2O4S/c1-7(13)4-6-12-10(14)8-3-2-5-11-9(8)17(12,15)16/h2-3,5,7,13H,4,6H2,1H3. The highest BCUT2D eigenvalue weighted by Crippen LogP contribution is 2.28. The molecule has 1 aromatic rings. The number of pyridine rings is 1. The van der Waals surface area contributed by atoms with Crippen molar-refractivity contribution in [2.75, 3.05) is 6.54 Å². The van der Waals surface area contributed by atoms with E-state index < -0.39 is 22.0 Å². The van der Waals surface area contributed by atoms with Crippen molar-refractivity contribution in [3.05, 3.63) is 23.9 Å². The molecule has 1 aliphatic rings. The van der Waals surface area contributed by atoms with E-state index >= 15 is 0 Å². The number of aliphatic hydroxyl groups is 1. The van der Waals surface area contributed by atoms with Gasteiger partial charge in [-0.15, -0.1) is 0 Å². The van der Waals surface area contributed by atoms with Gasteiger partial charge in [0, 0.05) is 12.7 Å². The first-order valence-corrected chi connectivity index (χ1v) is 6.58. The Morgan fingerprint density at radius 1 is 1.53 bits per heavy atom. The second-order valence-electron chi connectivity index (χ2n) is 3.88. The van der Waals surface area contributed by atoms with E-state index in [1.807, 2.05) is 0 Å². The van der Waals surface area contributed by atoms with Crippen LogP contribution < -0.4 is 0 Å². The maximum Gasteiger partial charge on any atom is 0.285 e. The third-order valence-corrected chi connectivity index (χ3v) is 4.26. The van der Waals surface area contributed by atoms with Crippen LogP contribution in [0.2, 0.25) is 0 Å². The van der Waals surface area contributed by atoms with Crippen molar-refractivity contribution >= 4 is 15.9 Å². The third kappa shape index (κ3) is 1.91. The third-order valence-electron chi connectivity index (χ3n) is 2.51. The van der Waals surface area contributed by atoms with Crippen LogP contribution in [0.1, 0.15) is 23.7 Å². The molecule has 0 bridgehead atoms. The fourth-order valence-corrected chi connectivity index (χ4v) is 3.13. The molecule has 2 heterocycles. The van der Waals surface area contributed by atoms with Crippen LogP contribution in [0.15, 0.2) is 23.4 Å². The average molecular weight is 256 g/mol. The molecule has 7 heteroatoms. The summed E-state index contributed by atoms with van der Waals surface area (Å²) in [5, 5.41) is 8.94. The van der Waals surface area contributed by atoms with Crippen LogP contribution in [0.4, 0.5) is 0 Å². The summed E-state index contributed by atoms with van der Waals surface area (Å²) in [6.45, 7) is 1.51. The van der Waals surface area contributed by atoms with E-state index in [4.69, 9.17) is 5.11 Å². The summed E-state index contributed by atoms with van der Waals surface area (Å²) in [7, 11) is -3.83. The lowest BCUT2D eigenvalue weighted by Crippen LogP contribution is -2.32. The van der Waals surface area contributed by atoms with Gasteiger partial charge < -0.3 is 5.11 Å². The fourth-order valence-electron chi connectivity index (χ4n) is 1.63. The molecule has 17 heavy (non-hydrogen) atoms. The largest absolute Gasteiger partial charge is 0.393 e. The topological polar surface area (TPSA) is 87.6 Å². The molecule has 1 aliphatic heterocycles. The van der Waals surface area contributed by atoms with Gasteiger partial charge in [-0.05, 0) is 25.5 Å². The Morgan fingerprint density at radius 3 is 2.82 bits per heavy atom. The highest BCUT2D eigenvalue weighted by molar-refractivity contribution is 7.90. The van der Waals surface area contributed by atoms with Crippen LogP contribution in [0.3, 0.4) is 0 Å². The van der Waals surface area contributed by atoms with E-state index in [-0.39, 0.29) is 23.6 Å². The molecule has 0 spiro atoms. The van der Waals surface area contributed by atoms with Crippen molar-refractivity contribution in [2.45, 2.75) is 24.5 Å².